The van der Waals surface area contributed by atoms with Crippen molar-refractivity contribution < 1.29 is 13.2 Å². The topological polar surface area (TPSA) is 140 Å². The number of nitrogens with zero attached hydrogens (tertiary/aromatic N) is 2. The molecule has 0 saturated heterocycles. The van der Waals surface area contributed by atoms with E-state index in [1.54, 1.807) is 47.0 Å². The Morgan fingerprint density at radius 1 is 1.24 bits per heavy atom. The van der Waals surface area contributed by atoms with E-state index in [0.717, 1.165) is 5.56 Å². The number of carbonyl (C=O) groups is 1. The van der Waals surface area contributed by atoms with Gasteiger partial charge in [0.05, 0.1) is 5.75 Å². The Bertz CT molecular complexity index is 1540. The third-order valence-electron chi connectivity index (χ3n) is 5.14. The van der Waals surface area contributed by atoms with E-state index >= 15 is 0 Å². The fourth-order valence-corrected chi connectivity index (χ4v) is 4.35. The lowest BCUT2D eigenvalue weighted by molar-refractivity contribution is 0.0974. The molecule has 0 atom stereocenters. The maximum absolute atomic E-state index is 13.4. The highest BCUT2D eigenvalue weighted by molar-refractivity contribution is 7.90. The third kappa shape index (κ3) is 4.48. The molecule has 4 N–H and O–H groups in total. The van der Waals surface area contributed by atoms with Crippen molar-refractivity contribution in [1.29, 1.82) is 0 Å². The average Bonchev–Trinajstić information content (AvgIpc) is 3.07. The highest BCUT2D eigenvalue weighted by atomic mass is 35.5. The zero-order valence-corrected chi connectivity index (χ0v) is 19.1. The second-order valence-electron chi connectivity index (χ2n) is 7.31. The predicted molar refractivity (Wildman–Crippen MR) is 128 cm³/mol. The first-order chi connectivity index (χ1) is 15.7. The molecule has 0 fully saturated rings. The number of amides is 1. The van der Waals surface area contributed by atoms with Crippen LogP contribution in [0.4, 0.5) is 5.82 Å². The van der Waals surface area contributed by atoms with Crippen molar-refractivity contribution in [3.63, 3.8) is 0 Å². The molecular formula is C22H20ClN5O4S. The molecule has 170 valence electrons. The number of hydrogen-bond acceptors (Lipinski definition) is 6. The van der Waals surface area contributed by atoms with Crippen LogP contribution in [0.1, 0.15) is 23.0 Å². The average molecular weight is 486 g/mol. The molecule has 3 aromatic heterocycles. The van der Waals surface area contributed by atoms with Gasteiger partial charge in [0.1, 0.15) is 11.5 Å². The van der Waals surface area contributed by atoms with Crippen LogP contribution in [-0.4, -0.2) is 34.6 Å². The maximum Gasteiger partial charge on any atom is 0.282 e. The van der Waals surface area contributed by atoms with Gasteiger partial charge >= 0.3 is 0 Å². The van der Waals surface area contributed by atoms with Crippen LogP contribution in [0.3, 0.4) is 0 Å². The summed E-state index contributed by atoms with van der Waals surface area (Å²) in [6.45, 7) is 1.60. The van der Waals surface area contributed by atoms with Gasteiger partial charge in [-0.2, -0.15) is 0 Å². The number of rotatable bonds is 6. The summed E-state index contributed by atoms with van der Waals surface area (Å²) in [7, 11) is -3.87. The van der Waals surface area contributed by atoms with Gasteiger partial charge in [-0.1, -0.05) is 11.6 Å². The fraction of sp³-hybridized carbons (Fsp3) is 0.136. The lowest BCUT2D eigenvalue weighted by Crippen LogP contribution is -2.33. The first kappa shape index (κ1) is 22.6. The highest BCUT2D eigenvalue weighted by Gasteiger charge is 2.28. The van der Waals surface area contributed by atoms with Crippen LogP contribution in [0, 0.1) is 0 Å². The number of nitrogens with two attached hydrogens (primary N) is 1. The fourth-order valence-electron chi connectivity index (χ4n) is 3.66. The monoisotopic (exact) mass is 485 g/mol. The zero-order valence-electron chi connectivity index (χ0n) is 17.5. The van der Waals surface area contributed by atoms with E-state index in [0.29, 0.717) is 21.7 Å². The number of aromatic amines is 1. The van der Waals surface area contributed by atoms with Gasteiger partial charge in [0, 0.05) is 46.0 Å². The van der Waals surface area contributed by atoms with Crippen LogP contribution >= 0.6 is 11.6 Å². The summed E-state index contributed by atoms with van der Waals surface area (Å²) in [6.07, 6.45) is 3.01. The molecule has 11 heteroatoms. The number of pyridine rings is 2. The van der Waals surface area contributed by atoms with E-state index in [9.17, 15) is 18.0 Å². The molecule has 3 heterocycles. The molecule has 0 saturated carbocycles. The van der Waals surface area contributed by atoms with E-state index in [1.807, 2.05) is 0 Å². The van der Waals surface area contributed by atoms with Gasteiger partial charge in [-0.15, -0.1) is 0 Å². The first-order valence-corrected chi connectivity index (χ1v) is 12.0. The van der Waals surface area contributed by atoms with E-state index in [2.05, 4.69) is 14.7 Å². The zero-order chi connectivity index (χ0) is 23.8. The van der Waals surface area contributed by atoms with Crippen LogP contribution in [-0.2, 0) is 16.6 Å². The van der Waals surface area contributed by atoms with Gasteiger partial charge in [0.15, 0.2) is 0 Å². The third-order valence-corrected chi connectivity index (χ3v) is 6.63. The number of nitrogens with one attached hydrogen (secondary N) is 2. The molecule has 9 nitrogen and oxygen atoms in total. The van der Waals surface area contributed by atoms with E-state index < -0.39 is 21.5 Å². The molecule has 0 bridgehead atoms. The predicted octanol–water partition coefficient (Wildman–Crippen LogP) is 2.75. The molecule has 1 amide bonds. The Kier molecular flexibility index (Phi) is 5.96. The number of anilines is 1. The molecule has 33 heavy (non-hydrogen) atoms. The second kappa shape index (κ2) is 8.72. The maximum atomic E-state index is 13.4. The summed E-state index contributed by atoms with van der Waals surface area (Å²) in [6, 6.07) is 11.6. The summed E-state index contributed by atoms with van der Waals surface area (Å²) < 4.78 is 28.2. The van der Waals surface area contributed by atoms with Gasteiger partial charge in [0.2, 0.25) is 10.0 Å². The largest absolute Gasteiger partial charge is 0.384 e. The normalized spacial score (nSPS) is 11.6. The number of hydrogen-bond donors (Lipinski definition) is 3. The Morgan fingerprint density at radius 2 is 2.03 bits per heavy atom. The Morgan fingerprint density at radius 3 is 2.73 bits per heavy atom. The first-order valence-electron chi connectivity index (χ1n) is 9.95. The number of carbonyl (C=O) groups excluding carboxylic acids is 1. The SMILES string of the molecule is CCS(=O)(=O)NC(=O)c1c(-c2ccc[nH]c2=O)c2cc(Cl)ccc2n1Cc1ccnc(N)c1. The molecular weight excluding hydrogens is 466 g/mol. The molecule has 0 aliphatic heterocycles. The summed E-state index contributed by atoms with van der Waals surface area (Å²) in [5.74, 6) is -0.844. The molecule has 0 aliphatic rings. The smallest absolute Gasteiger partial charge is 0.282 e. The molecule has 0 aliphatic carbocycles. The van der Waals surface area contributed by atoms with Crippen LogP contribution in [0.2, 0.25) is 5.02 Å². The number of halogens is 1. The summed E-state index contributed by atoms with van der Waals surface area (Å²) in [5, 5.41) is 0.926. The van der Waals surface area contributed by atoms with Crippen molar-refractivity contribution in [1.82, 2.24) is 19.3 Å². The molecule has 4 aromatic rings. The lowest BCUT2D eigenvalue weighted by Gasteiger charge is -2.13. The minimum Gasteiger partial charge on any atom is -0.384 e. The number of H-pyrrole nitrogens is 1. The van der Waals surface area contributed by atoms with Gasteiger partial charge in [0.25, 0.3) is 11.5 Å². The molecule has 1 aromatic carbocycles. The Hall–Kier alpha value is -3.63. The van der Waals surface area contributed by atoms with E-state index in [1.165, 1.54) is 19.3 Å². The number of nitrogen functional groups attached to an aromatic ring is 1. The second-order valence-corrected chi connectivity index (χ2v) is 9.76. The van der Waals surface area contributed by atoms with Crippen LogP contribution in [0.25, 0.3) is 22.0 Å². The standard InChI is InChI=1S/C22H20ClN5O4S/c1-2-33(31,32)27-22(30)20-19(15-4-3-8-26-21(15)29)16-11-14(23)5-6-17(16)28(20)12-13-7-9-25-18(24)10-13/h3-11H,2,12H2,1H3,(H2,24,25)(H,26,29)(H,27,30). The Balaban J connectivity index is 2.07. The number of aromatic nitrogens is 3. The molecule has 0 spiro atoms. The lowest BCUT2D eigenvalue weighted by atomic mass is 10.0. The minimum atomic E-state index is -3.87. The summed E-state index contributed by atoms with van der Waals surface area (Å²) >= 11 is 6.25. The number of sulfonamides is 1. The van der Waals surface area contributed by atoms with Gasteiger partial charge < -0.3 is 15.3 Å². The van der Waals surface area contributed by atoms with Crippen LogP contribution in [0.5, 0.6) is 0 Å². The van der Waals surface area contributed by atoms with Crippen molar-refractivity contribution >= 4 is 44.3 Å². The minimum absolute atomic E-state index is 0.0105. The van der Waals surface area contributed by atoms with Gasteiger partial charge in [-0.25, -0.2) is 18.1 Å². The van der Waals surface area contributed by atoms with E-state index in [4.69, 9.17) is 17.3 Å². The highest BCUT2D eigenvalue weighted by Crippen LogP contribution is 2.36. The van der Waals surface area contributed by atoms with Crippen molar-refractivity contribution in [2.24, 2.45) is 0 Å². The van der Waals surface area contributed by atoms with Crippen LogP contribution in [0.15, 0.2) is 59.7 Å². The quantitative estimate of drug-likeness (QED) is 0.383. The molecule has 0 unspecified atom stereocenters. The number of benzene rings is 1. The van der Waals surface area contributed by atoms with Gasteiger partial charge in [-0.05, 0) is 55.0 Å². The van der Waals surface area contributed by atoms with E-state index in [-0.39, 0.29) is 29.1 Å². The molecule has 0 radical (unpaired) electrons. The van der Waals surface area contributed by atoms with Crippen molar-refractivity contribution in [3.05, 3.63) is 81.5 Å². The summed E-state index contributed by atoms with van der Waals surface area (Å²) in [5.41, 5.74) is 7.20. The number of fused-ring (bicyclic) bond motifs is 1. The van der Waals surface area contributed by atoms with Crippen molar-refractivity contribution in [3.8, 4) is 11.1 Å². The van der Waals surface area contributed by atoms with Crippen molar-refractivity contribution in [2.75, 3.05) is 11.5 Å². The molecule has 4 rings (SSSR count). The van der Waals surface area contributed by atoms with Gasteiger partial charge in [-0.3, -0.25) is 9.59 Å². The summed E-state index contributed by atoms with van der Waals surface area (Å²) in [4.78, 5) is 32.6. The van der Waals surface area contributed by atoms with Crippen molar-refractivity contribution in [2.45, 2.75) is 13.5 Å². The Labute approximate surface area is 194 Å². The van der Waals surface area contributed by atoms with Crippen LogP contribution < -0.4 is 16.0 Å².